The molecular formula is C4H10ClO4P. The first-order valence-corrected chi connectivity index (χ1v) is 5.23. The third kappa shape index (κ3) is 8.56. The van der Waals surface area contributed by atoms with E-state index < -0.39 is 10.2 Å². The molecule has 0 heterocycles. The fourth-order valence-electron chi connectivity index (χ4n) is 0.354. The molecule has 0 aromatic heterocycles. The lowest BCUT2D eigenvalue weighted by atomic mass is 10.4. The maximum Gasteiger partial charge on any atom is 0.201 e. The van der Waals surface area contributed by atoms with Gasteiger partial charge in [-0.05, 0) is 6.42 Å². The second-order valence-corrected chi connectivity index (χ2v) is 3.86. The second-order valence-electron chi connectivity index (χ2n) is 1.70. The van der Waals surface area contributed by atoms with Crippen molar-refractivity contribution in [2.75, 3.05) is 6.16 Å². The number of unbranched alkanes of at least 4 members (excludes halogenated alkanes) is 1. The Labute approximate surface area is 63.8 Å². The number of halogens is 1. The fourth-order valence-corrected chi connectivity index (χ4v) is 1.70. The molecule has 0 spiro atoms. The van der Waals surface area contributed by atoms with Crippen molar-refractivity contribution in [3.05, 3.63) is 0 Å². The first-order valence-electron chi connectivity index (χ1n) is 2.88. The molecule has 0 bridgehead atoms. The summed E-state index contributed by atoms with van der Waals surface area (Å²) in [6, 6.07) is 0. The topological polar surface area (TPSA) is 78.4 Å². The van der Waals surface area contributed by atoms with Gasteiger partial charge in [-0.15, -0.1) is 0 Å². The molecule has 0 aromatic carbocycles. The largest absolute Gasteiger partial charge is 0.201 e. The van der Waals surface area contributed by atoms with Crippen molar-refractivity contribution in [2.45, 2.75) is 19.8 Å². The van der Waals surface area contributed by atoms with Crippen LogP contribution in [0.3, 0.4) is 0 Å². The Hall–Kier alpha value is 0.560. The minimum absolute atomic E-state index is 0.222. The number of hydrogen-bond acceptors (Lipinski definition) is 4. The molecule has 6 heteroatoms. The van der Waals surface area contributed by atoms with Crippen LogP contribution in [0.1, 0.15) is 19.8 Å². The van der Waals surface area contributed by atoms with E-state index in [2.05, 4.69) is 4.08 Å². The summed E-state index contributed by atoms with van der Waals surface area (Å²) >= 11 is 0. The van der Waals surface area contributed by atoms with Crippen LogP contribution in [0.5, 0.6) is 0 Å². The molecule has 0 aliphatic rings. The van der Waals surface area contributed by atoms with Gasteiger partial charge in [0.2, 0.25) is 8.81 Å². The van der Waals surface area contributed by atoms with E-state index in [1.54, 1.807) is 0 Å². The molecule has 0 aliphatic heterocycles. The summed E-state index contributed by atoms with van der Waals surface area (Å²) in [5, 5.41) is 0. The molecule has 4 nitrogen and oxygen atoms in total. The zero-order valence-electron chi connectivity index (χ0n) is 5.63. The van der Waals surface area contributed by atoms with E-state index in [9.17, 15) is 14.0 Å². The molecule has 1 atom stereocenters. The molecule has 0 saturated carbocycles. The predicted molar refractivity (Wildman–Crippen MR) is 29.2 cm³/mol. The summed E-state index contributed by atoms with van der Waals surface area (Å²) in [6.07, 6.45) is 2.51. The highest BCUT2D eigenvalue weighted by Gasteiger charge is 2.15. The first kappa shape index (κ1) is 10.6. The molecule has 62 valence electrons. The van der Waals surface area contributed by atoms with Gasteiger partial charge in [0.25, 0.3) is 0 Å². The van der Waals surface area contributed by atoms with Crippen molar-refractivity contribution in [2.24, 2.45) is 0 Å². The van der Waals surface area contributed by atoms with E-state index in [-0.39, 0.29) is 8.81 Å². The van der Waals surface area contributed by atoms with Gasteiger partial charge in [-0.1, -0.05) is 13.3 Å². The van der Waals surface area contributed by atoms with Crippen molar-refractivity contribution >= 4 is 8.81 Å². The Kier molecular flexibility index (Phi) is 5.54. The van der Waals surface area contributed by atoms with Crippen LogP contribution in [-0.2, 0) is 4.08 Å². The van der Waals surface area contributed by atoms with E-state index in [0.29, 0.717) is 6.16 Å². The molecule has 0 aliphatic carbocycles. The van der Waals surface area contributed by atoms with Gasteiger partial charge < -0.3 is 0 Å². The first-order chi connectivity index (χ1) is 4.56. The quantitative estimate of drug-likeness (QED) is 0.380. The summed E-state index contributed by atoms with van der Waals surface area (Å²) in [6.45, 7) is 1.98. The minimum atomic E-state index is -4.19. The Morgan fingerprint density at radius 3 is 2.40 bits per heavy atom. The fraction of sp³-hybridized carbons (Fsp3) is 1.00. The van der Waals surface area contributed by atoms with Crippen LogP contribution in [0, 0.1) is 10.2 Å². The third-order valence-electron chi connectivity index (χ3n) is 0.781. The van der Waals surface area contributed by atoms with E-state index in [4.69, 9.17) is 0 Å². The van der Waals surface area contributed by atoms with Crippen molar-refractivity contribution in [1.29, 1.82) is 0 Å². The summed E-state index contributed by atoms with van der Waals surface area (Å²) in [5.74, 6) is 0. The van der Waals surface area contributed by atoms with Crippen molar-refractivity contribution in [3.63, 3.8) is 0 Å². The third-order valence-corrected chi connectivity index (χ3v) is 2.53. The van der Waals surface area contributed by atoms with Crippen LogP contribution in [0.15, 0.2) is 0 Å². The Bertz CT molecular complexity index is 83.8. The molecule has 0 fully saturated rings. The van der Waals surface area contributed by atoms with Gasteiger partial charge in [-0.3, -0.25) is 0 Å². The van der Waals surface area contributed by atoms with Crippen LogP contribution in [0.2, 0.25) is 0 Å². The zero-order chi connectivity index (χ0) is 8.04. The molecular weight excluding hydrogens is 178 g/mol. The van der Waals surface area contributed by atoms with Gasteiger partial charge in [0, 0.05) is 6.16 Å². The smallest absolute Gasteiger partial charge is 0.183 e. The average Bonchev–Trinajstić information content (AvgIpc) is 1.78. The van der Waals surface area contributed by atoms with Crippen LogP contribution in [-0.4, -0.2) is 6.16 Å². The highest BCUT2D eigenvalue weighted by molar-refractivity contribution is 7.31. The lowest BCUT2D eigenvalue weighted by Crippen LogP contribution is -2.59. The lowest BCUT2D eigenvalue weighted by Gasteiger charge is -2.11. The Balaban J connectivity index is 3.04. The van der Waals surface area contributed by atoms with Gasteiger partial charge in [0.15, 0.2) is 0 Å². The monoisotopic (exact) mass is 188 g/mol. The van der Waals surface area contributed by atoms with Gasteiger partial charge in [-0.2, -0.15) is 14.0 Å². The standard InChI is InChI=1S/C4H10ClO4P/c1-2-3-4-10-9-5(6,7)8/h10H,2-4H2,1H3. The van der Waals surface area contributed by atoms with E-state index in [1.807, 2.05) is 6.92 Å². The maximum absolute atomic E-state index is 9.80. The lowest BCUT2D eigenvalue weighted by molar-refractivity contribution is -1.91. The highest BCUT2D eigenvalue weighted by atomic mass is 35.7. The number of rotatable bonds is 5. The van der Waals surface area contributed by atoms with E-state index in [0.717, 1.165) is 12.8 Å². The Morgan fingerprint density at radius 1 is 1.40 bits per heavy atom. The summed E-state index contributed by atoms with van der Waals surface area (Å²) in [4.78, 5) is 0. The molecule has 0 rings (SSSR count). The zero-order valence-corrected chi connectivity index (χ0v) is 7.39. The van der Waals surface area contributed by atoms with E-state index >= 15 is 0 Å². The van der Waals surface area contributed by atoms with Crippen LogP contribution in [0.4, 0.5) is 0 Å². The molecule has 0 amide bonds. The average molecular weight is 189 g/mol. The Morgan fingerprint density at radius 2 is 2.00 bits per heavy atom. The van der Waals surface area contributed by atoms with Crippen molar-refractivity contribution in [3.8, 4) is 0 Å². The summed E-state index contributed by atoms with van der Waals surface area (Å²) in [5.41, 5.74) is 0. The molecule has 0 N–H and O–H groups in total. The van der Waals surface area contributed by atoms with Crippen LogP contribution < -0.4 is 14.0 Å². The van der Waals surface area contributed by atoms with Crippen molar-refractivity contribution in [1.82, 2.24) is 0 Å². The SMILES string of the molecule is CCCCPO[Cl+3]([O-])([O-])[O-]. The molecule has 1 unspecified atom stereocenters. The number of hydrogen-bond donors (Lipinski definition) is 0. The second kappa shape index (κ2) is 5.24. The van der Waals surface area contributed by atoms with Gasteiger partial charge in [0.05, 0.1) is 14.3 Å². The molecule has 0 radical (unpaired) electrons. The normalized spacial score (nSPS) is 13.2. The molecule has 0 saturated heterocycles. The highest BCUT2D eigenvalue weighted by Crippen LogP contribution is 2.17. The molecule has 0 aromatic rings. The van der Waals surface area contributed by atoms with Crippen LogP contribution in [0.25, 0.3) is 0 Å². The van der Waals surface area contributed by atoms with Gasteiger partial charge in [0.1, 0.15) is 0 Å². The van der Waals surface area contributed by atoms with Crippen LogP contribution >= 0.6 is 8.81 Å². The van der Waals surface area contributed by atoms with Gasteiger partial charge >= 0.3 is 0 Å². The molecule has 10 heavy (non-hydrogen) atoms. The summed E-state index contributed by atoms with van der Waals surface area (Å²) < 4.78 is 33.3. The minimum Gasteiger partial charge on any atom is -0.183 e. The van der Waals surface area contributed by atoms with Gasteiger partial charge in [-0.25, -0.2) is 0 Å². The maximum atomic E-state index is 9.80. The summed E-state index contributed by atoms with van der Waals surface area (Å²) in [7, 11) is -4.41. The van der Waals surface area contributed by atoms with E-state index in [1.165, 1.54) is 0 Å². The predicted octanol–water partition coefficient (Wildman–Crippen LogP) is -1.71. The van der Waals surface area contributed by atoms with Crippen molar-refractivity contribution < 1.29 is 28.3 Å².